The van der Waals surface area contributed by atoms with Crippen molar-refractivity contribution in [1.82, 2.24) is 10.2 Å². The van der Waals surface area contributed by atoms with Crippen molar-refractivity contribution in [3.05, 3.63) is 126 Å². The van der Waals surface area contributed by atoms with Gasteiger partial charge in [-0.3, -0.25) is 13.9 Å². The van der Waals surface area contributed by atoms with Crippen LogP contribution in [0.15, 0.2) is 108 Å². The van der Waals surface area contributed by atoms with E-state index < -0.39 is 34.3 Å². The fraction of sp³-hybridized carbons (Fsp3) is 0.257. The normalized spacial score (nSPS) is 12.0. The molecule has 4 aromatic rings. The molecular weight excluding hydrogens is 593 g/mol. The number of halogens is 1. The number of nitrogens with zero attached hydrogens (tertiary/aromatic N) is 2. The highest BCUT2D eigenvalue weighted by atomic mass is 32.2. The largest absolute Gasteiger partial charge is 0.497 e. The summed E-state index contributed by atoms with van der Waals surface area (Å²) in [7, 11) is -2.78. The second-order valence-electron chi connectivity index (χ2n) is 11.0. The molecule has 8 nitrogen and oxygen atoms in total. The van der Waals surface area contributed by atoms with E-state index >= 15 is 0 Å². The van der Waals surface area contributed by atoms with Crippen LogP contribution in [-0.4, -0.2) is 50.9 Å². The number of hydrogen-bond donors (Lipinski definition) is 1. The van der Waals surface area contributed by atoms with Gasteiger partial charge in [0.05, 0.1) is 17.7 Å². The van der Waals surface area contributed by atoms with E-state index in [1.807, 2.05) is 57.2 Å². The number of anilines is 1. The van der Waals surface area contributed by atoms with Gasteiger partial charge in [0.25, 0.3) is 10.0 Å². The number of hydrogen-bond acceptors (Lipinski definition) is 5. The van der Waals surface area contributed by atoms with E-state index in [9.17, 15) is 22.4 Å². The zero-order chi connectivity index (χ0) is 32.6. The number of carbonyl (C=O) groups excluding carboxylic acids is 2. The van der Waals surface area contributed by atoms with Crippen LogP contribution in [0, 0.1) is 12.7 Å². The summed E-state index contributed by atoms with van der Waals surface area (Å²) in [6.45, 7) is 4.94. The van der Waals surface area contributed by atoms with Gasteiger partial charge in [-0.15, -0.1) is 0 Å². The highest BCUT2D eigenvalue weighted by Gasteiger charge is 2.35. The summed E-state index contributed by atoms with van der Waals surface area (Å²) in [6.07, 6.45) is 0.199. The minimum absolute atomic E-state index is 0.0113. The minimum atomic E-state index is -4.32. The number of nitrogens with one attached hydrogen (secondary N) is 1. The van der Waals surface area contributed by atoms with E-state index in [0.717, 1.165) is 27.6 Å². The Bertz CT molecular complexity index is 1700. The Kier molecular flexibility index (Phi) is 11.0. The highest BCUT2D eigenvalue weighted by molar-refractivity contribution is 7.92. The second-order valence-corrected chi connectivity index (χ2v) is 12.9. The van der Waals surface area contributed by atoms with Crippen LogP contribution in [0.2, 0.25) is 0 Å². The van der Waals surface area contributed by atoms with Gasteiger partial charge in [-0.2, -0.15) is 0 Å². The maximum absolute atomic E-state index is 14.5. The first kappa shape index (κ1) is 33.2. The average molecular weight is 632 g/mol. The van der Waals surface area contributed by atoms with Gasteiger partial charge in [-0.1, -0.05) is 60.2 Å². The Morgan fingerprint density at radius 2 is 1.51 bits per heavy atom. The third-order valence-corrected chi connectivity index (χ3v) is 8.98. The quantitative estimate of drug-likeness (QED) is 0.210. The summed E-state index contributed by atoms with van der Waals surface area (Å²) in [6, 6.07) is 26.5. The molecule has 0 saturated carbocycles. The maximum atomic E-state index is 14.5. The molecule has 4 aromatic carbocycles. The fourth-order valence-electron chi connectivity index (χ4n) is 4.88. The summed E-state index contributed by atoms with van der Waals surface area (Å²) in [5.41, 5.74) is 2.68. The lowest BCUT2D eigenvalue weighted by molar-refractivity contribution is -0.140. The molecule has 4 rings (SSSR count). The van der Waals surface area contributed by atoms with Crippen molar-refractivity contribution in [3.63, 3.8) is 0 Å². The number of ether oxygens (including phenoxy) is 1. The predicted octanol–water partition coefficient (Wildman–Crippen LogP) is 5.50. The molecule has 45 heavy (non-hydrogen) atoms. The van der Waals surface area contributed by atoms with E-state index in [-0.39, 0.29) is 35.5 Å². The van der Waals surface area contributed by atoms with Crippen LogP contribution in [0.5, 0.6) is 5.75 Å². The first-order valence-corrected chi connectivity index (χ1v) is 16.0. The summed E-state index contributed by atoms with van der Waals surface area (Å²) < 4.78 is 48.1. The van der Waals surface area contributed by atoms with Crippen molar-refractivity contribution in [3.8, 4) is 5.75 Å². The number of amides is 2. The summed E-state index contributed by atoms with van der Waals surface area (Å²) in [5.74, 6) is -0.972. The van der Waals surface area contributed by atoms with Gasteiger partial charge >= 0.3 is 0 Å². The number of rotatable bonds is 13. The molecule has 0 aliphatic heterocycles. The van der Waals surface area contributed by atoms with Crippen molar-refractivity contribution in [2.24, 2.45) is 0 Å². The molecule has 0 fully saturated rings. The number of sulfonamides is 1. The van der Waals surface area contributed by atoms with Crippen LogP contribution < -0.4 is 14.4 Å². The number of carbonyl (C=O) groups is 2. The van der Waals surface area contributed by atoms with Gasteiger partial charge in [-0.05, 0) is 80.4 Å². The van der Waals surface area contributed by atoms with Crippen molar-refractivity contribution >= 4 is 27.5 Å². The van der Waals surface area contributed by atoms with Gasteiger partial charge in [0.15, 0.2) is 0 Å². The Morgan fingerprint density at radius 1 is 0.867 bits per heavy atom. The topological polar surface area (TPSA) is 96.0 Å². The van der Waals surface area contributed by atoms with Crippen molar-refractivity contribution in [2.45, 2.75) is 50.7 Å². The first-order chi connectivity index (χ1) is 21.5. The smallest absolute Gasteiger partial charge is 0.264 e. The van der Waals surface area contributed by atoms with E-state index in [2.05, 4.69) is 5.32 Å². The lowest BCUT2D eigenvalue weighted by atomic mass is 10.0. The van der Waals surface area contributed by atoms with Crippen LogP contribution in [-0.2, 0) is 32.6 Å². The molecule has 0 unspecified atom stereocenters. The zero-order valence-corrected chi connectivity index (χ0v) is 26.6. The van der Waals surface area contributed by atoms with Gasteiger partial charge in [0.1, 0.15) is 24.2 Å². The summed E-state index contributed by atoms with van der Waals surface area (Å²) in [4.78, 5) is 29.5. The Labute approximate surface area is 264 Å². The third-order valence-electron chi connectivity index (χ3n) is 7.19. The van der Waals surface area contributed by atoms with Crippen molar-refractivity contribution in [2.75, 3.05) is 18.0 Å². The van der Waals surface area contributed by atoms with E-state index in [1.165, 1.54) is 24.1 Å². The number of methoxy groups -OCH3 is 1. The lowest BCUT2D eigenvalue weighted by Crippen LogP contribution is -2.54. The molecule has 0 bridgehead atoms. The molecule has 0 heterocycles. The Hall–Kier alpha value is -4.70. The molecule has 2 amide bonds. The van der Waals surface area contributed by atoms with Crippen LogP contribution >= 0.6 is 0 Å². The molecule has 236 valence electrons. The van der Waals surface area contributed by atoms with Gasteiger partial charge in [-0.25, -0.2) is 12.8 Å². The Balaban J connectivity index is 1.81. The monoisotopic (exact) mass is 631 g/mol. The van der Waals surface area contributed by atoms with E-state index in [4.69, 9.17) is 4.74 Å². The SMILES string of the molecule is COc1cccc(CN(C(=O)CN(c2ccc(C)cc2)S(=O)(=O)c2ccc(F)cc2)[C@H](Cc2ccccc2)C(=O)NC(C)C)c1. The van der Waals surface area contributed by atoms with Gasteiger partial charge < -0.3 is 15.0 Å². The lowest BCUT2D eigenvalue weighted by Gasteiger charge is -2.34. The van der Waals surface area contributed by atoms with Crippen molar-refractivity contribution in [1.29, 1.82) is 0 Å². The van der Waals surface area contributed by atoms with Crippen LogP contribution in [0.1, 0.15) is 30.5 Å². The van der Waals surface area contributed by atoms with E-state index in [0.29, 0.717) is 11.3 Å². The molecular formula is C35H38FN3O5S. The molecule has 0 radical (unpaired) electrons. The fourth-order valence-corrected chi connectivity index (χ4v) is 6.29. The molecule has 0 aromatic heterocycles. The van der Waals surface area contributed by atoms with Crippen LogP contribution in [0.4, 0.5) is 10.1 Å². The first-order valence-electron chi connectivity index (χ1n) is 14.6. The molecule has 0 saturated heterocycles. The average Bonchev–Trinajstić information content (AvgIpc) is 3.02. The third kappa shape index (κ3) is 8.69. The number of aryl methyl sites for hydroxylation is 1. The highest BCUT2D eigenvalue weighted by Crippen LogP contribution is 2.26. The summed E-state index contributed by atoms with van der Waals surface area (Å²) >= 11 is 0. The van der Waals surface area contributed by atoms with Crippen LogP contribution in [0.25, 0.3) is 0 Å². The standard InChI is InChI=1S/C35H38FN3O5S/c1-25(2)37-35(41)33(22-27-9-6-5-7-10-27)38(23-28-11-8-12-31(21-28)44-4)34(40)24-39(30-17-13-26(3)14-18-30)45(42,43)32-19-15-29(36)16-20-32/h5-21,25,33H,22-24H2,1-4H3,(H,37,41)/t33-/m1/s1. The van der Waals surface area contributed by atoms with Crippen molar-refractivity contribution < 1.29 is 27.1 Å². The molecule has 10 heteroatoms. The van der Waals surface area contributed by atoms with Crippen LogP contribution in [0.3, 0.4) is 0 Å². The molecule has 0 aliphatic carbocycles. The molecule has 0 spiro atoms. The molecule has 1 atom stereocenters. The Morgan fingerprint density at radius 3 is 2.13 bits per heavy atom. The minimum Gasteiger partial charge on any atom is -0.497 e. The maximum Gasteiger partial charge on any atom is 0.264 e. The predicted molar refractivity (Wildman–Crippen MR) is 173 cm³/mol. The zero-order valence-electron chi connectivity index (χ0n) is 25.8. The summed E-state index contributed by atoms with van der Waals surface area (Å²) in [5, 5.41) is 2.93. The molecule has 1 N–H and O–H groups in total. The molecule has 0 aliphatic rings. The second kappa shape index (κ2) is 14.9. The number of benzene rings is 4. The van der Waals surface area contributed by atoms with E-state index in [1.54, 1.807) is 42.5 Å². The van der Waals surface area contributed by atoms with Gasteiger partial charge in [0.2, 0.25) is 11.8 Å². The van der Waals surface area contributed by atoms with Gasteiger partial charge in [0, 0.05) is 19.0 Å².